The van der Waals surface area contributed by atoms with Crippen LogP contribution in [-0.2, 0) is 9.59 Å². The molecule has 18 heavy (non-hydrogen) atoms. The number of amides is 2. The molecule has 1 aromatic rings. The van der Waals surface area contributed by atoms with Crippen molar-refractivity contribution < 1.29 is 9.59 Å². The zero-order chi connectivity index (χ0) is 13.3. The minimum absolute atomic E-state index is 0.235. The predicted molar refractivity (Wildman–Crippen MR) is 71.2 cm³/mol. The first-order chi connectivity index (χ1) is 8.56. The van der Waals surface area contributed by atoms with Crippen LogP contribution in [-0.4, -0.2) is 11.8 Å². The molecule has 3 nitrogen and oxygen atoms in total. The summed E-state index contributed by atoms with van der Waals surface area (Å²) in [7, 11) is 0. The van der Waals surface area contributed by atoms with Crippen LogP contribution in [0.4, 0.5) is 5.69 Å². The van der Waals surface area contributed by atoms with Gasteiger partial charge in [0.25, 0.3) is 11.8 Å². The molecule has 0 bridgehead atoms. The Morgan fingerprint density at radius 2 is 1.72 bits per heavy atom. The Bertz CT molecular complexity index is 552. The smallest absolute Gasteiger partial charge is 0.262 e. The maximum absolute atomic E-state index is 12.2. The lowest BCUT2D eigenvalue weighted by atomic mass is 10.1. The molecule has 1 heterocycles. The van der Waals surface area contributed by atoms with Crippen LogP contribution < -0.4 is 4.90 Å². The van der Waals surface area contributed by atoms with Gasteiger partial charge in [-0.2, -0.15) is 0 Å². The van der Waals surface area contributed by atoms with Gasteiger partial charge in [0.05, 0.1) is 5.69 Å². The highest BCUT2D eigenvalue weighted by atomic mass is 16.2. The van der Waals surface area contributed by atoms with Crippen LogP contribution in [0, 0.1) is 6.92 Å². The number of anilines is 1. The van der Waals surface area contributed by atoms with E-state index in [0.29, 0.717) is 23.3 Å². The summed E-state index contributed by atoms with van der Waals surface area (Å²) in [6.07, 6.45) is 2.07. The summed E-state index contributed by atoms with van der Waals surface area (Å²) >= 11 is 0. The van der Waals surface area contributed by atoms with Gasteiger partial charge in [-0.25, -0.2) is 4.90 Å². The summed E-state index contributed by atoms with van der Waals surface area (Å²) in [6, 6.07) is 7.35. The molecule has 0 unspecified atom stereocenters. The maximum atomic E-state index is 12.2. The molecular formula is C15H15NO2. The molecule has 0 saturated heterocycles. The van der Waals surface area contributed by atoms with E-state index in [-0.39, 0.29) is 11.8 Å². The van der Waals surface area contributed by atoms with E-state index in [0.717, 1.165) is 5.56 Å². The third-order valence-electron chi connectivity index (χ3n) is 3.08. The van der Waals surface area contributed by atoms with Gasteiger partial charge in [0.1, 0.15) is 0 Å². The van der Waals surface area contributed by atoms with Crippen LogP contribution in [0.2, 0.25) is 0 Å². The molecule has 0 atom stereocenters. The average molecular weight is 241 g/mol. The van der Waals surface area contributed by atoms with Gasteiger partial charge in [0.15, 0.2) is 0 Å². The lowest BCUT2D eigenvalue weighted by Gasteiger charge is -2.15. The van der Waals surface area contributed by atoms with Crippen LogP contribution in [0.1, 0.15) is 18.9 Å². The molecular weight excluding hydrogens is 226 g/mol. The molecule has 0 radical (unpaired) electrons. The van der Waals surface area contributed by atoms with Crippen molar-refractivity contribution in [3.05, 3.63) is 53.6 Å². The SMILES string of the molecule is C=CCC1=C(C)C(=O)N(c2ccc(C)cc2)C1=O. The fraction of sp³-hybridized carbons (Fsp3) is 0.200. The number of allylic oxidation sites excluding steroid dienone is 1. The molecule has 92 valence electrons. The summed E-state index contributed by atoms with van der Waals surface area (Å²) in [6.45, 7) is 7.26. The van der Waals surface area contributed by atoms with Gasteiger partial charge in [-0.05, 0) is 32.4 Å². The maximum Gasteiger partial charge on any atom is 0.262 e. The van der Waals surface area contributed by atoms with Gasteiger partial charge in [-0.3, -0.25) is 9.59 Å². The highest BCUT2D eigenvalue weighted by Gasteiger charge is 2.35. The van der Waals surface area contributed by atoms with E-state index >= 15 is 0 Å². The summed E-state index contributed by atoms with van der Waals surface area (Å²) in [5.74, 6) is -0.470. The van der Waals surface area contributed by atoms with Crippen molar-refractivity contribution in [1.82, 2.24) is 0 Å². The number of carbonyl (C=O) groups excluding carboxylic acids is 2. The van der Waals surface area contributed by atoms with Crippen molar-refractivity contribution >= 4 is 17.5 Å². The van der Waals surface area contributed by atoms with E-state index in [9.17, 15) is 9.59 Å². The monoisotopic (exact) mass is 241 g/mol. The largest absolute Gasteiger partial charge is 0.269 e. The van der Waals surface area contributed by atoms with Gasteiger partial charge in [0.2, 0.25) is 0 Å². The minimum Gasteiger partial charge on any atom is -0.269 e. The minimum atomic E-state index is -0.235. The Morgan fingerprint density at radius 1 is 1.11 bits per heavy atom. The molecule has 2 rings (SSSR count). The number of imide groups is 1. The Labute approximate surface area is 106 Å². The standard InChI is InChI=1S/C15H15NO2/c1-4-5-13-11(3)14(17)16(15(13)18)12-8-6-10(2)7-9-12/h4,6-9H,1,5H2,2-3H3. The van der Waals surface area contributed by atoms with Crippen molar-refractivity contribution in [2.45, 2.75) is 20.3 Å². The van der Waals surface area contributed by atoms with E-state index in [1.165, 1.54) is 4.90 Å². The van der Waals surface area contributed by atoms with Gasteiger partial charge < -0.3 is 0 Å². The van der Waals surface area contributed by atoms with Crippen molar-refractivity contribution in [1.29, 1.82) is 0 Å². The molecule has 0 fully saturated rings. The highest BCUT2D eigenvalue weighted by Crippen LogP contribution is 2.28. The molecule has 0 aromatic heterocycles. The van der Waals surface area contributed by atoms with Crippen LogP contribution >= 0.6 is 0 Å². The molecule has 0 N–H and O–H groups in total. The average Bonchev–Trinajstić information content (AvgIpc) is 2.56. The molecule has 0 saturated carbocycles. The number of rotatable bonds is 3. The van der Waals surface area contributed by atoms with Crippen LogP contribution in [0.5, 0.6) is 0 Å². The third-order valence-corrected chi connectivity index (χ3v) is 3.08. The zero-order valence-corrected chi connectivity index (χ0v) is 10.6. The molecule has 1 aromatic carbocycles. The Hall–Kier alpha value is -2.16. The van der Waals surface area contributed by atoms with E-state index < -0.39 is 0 Å². The number of nitrogens with zero attached hydrogens (tertiary/aromatic N) is 1. The number of hydrogen-bond donors (Lipinski definition) is 0. The summed E-state index contributed by atoms with van der Waals surface area (Å²) in [5.41, 5.74) is 2.76. The second kappa shape index (κ2) is 4.61. The van der Waals surface area contributed by atoms with Crippen molar-refractivity contribution in [2.24, 2.45) is 0 Å². The van der Waals surface area contributed by atoms with Crippen LogP contribution in [0.25, 0.3) is 0 Å². The van der Waals surface area contributed by atoms with E-state index in [4.69, 9.17) is 0 Å². The van der Waals surface area contributed by atoms with Gasteiger partial charge in [0, 0.05) is 11.1 Å². The Balaban J connectivity index is 2.39. The number of benzene rings is 1. The second-order valence-corrected chi connectivity index (χ2v) is 4.38. The molecule has 3 heteroatoms. The quantitative estimate of drug-likeness (QED) is 0.602. The van der Waals surface area contributed by atoms with Gasteiger partial charge >= 0.3 is 0 Å². The number of aryl methyl sites for hydroxylation is 1. The summed E-state index contributed by atoms with van der Waals surface area (Å²) in [5, 5.41) is 0. The number of carbonyl (C=O) groups is 2. The first kappa shape index (κ1) is 12.3. The van der Waals surface area contributed by atoms with E-state index in [1.807, 2.05) is 19.1 Å². The molecule has 1 aliphatic heterocycles. The molecule has 2 amide bonds. The van der Waals surface area contributed by atoms with Crippen molar-refractivity contribution in [3.8, 4) is 0 Å². The lowest BCUT2D eigenvalue weighted by Crippen LogP contribution is -2.31. The van der Waals surface area contributed by atoms with Crippen LogP contribution in [0.15, 0.2) is 48.1 Å². The van der Waals surface area contributed by atoms with Crippen molar-refractivity contribution in [2.75, 3.05) is 4.90 Å². The highest BCUT2D eigenvalue weighted by molar-refractivity contribution is 6.32. The zero-order valence-electron chi connectivity index (χ0n) is 10.6. The topological polar surface area (TPSA) is 37.4 Å². The fourth-order valence-corrected chi connectivity index (χ4v) is 2.00. The van der Waals surface area contributed by atoms with Crippen molar-refractivity contribution in [3.63, 3.8) is 0 Å². The number of hydrogen-bond acceptors (Lipinski definition) is 2. The third kappa shape index (κ3) is 1.88. The summed E-state index contributed by atoms with van der Waals surface area (Å²) in [4.78, 5) is 25.5. The normalized spacial score (nSPS) is 15.6. The Morgan fingerprint density at radius 3 is 2.28 bits per heavy atom. The van der Waals surface area contributed by atoms with Gasteiger partial charge in [-0.15, -0.1) is 6.58 Å². The van der Waals surface area contributed by atoms with E-state index in [2.05, 4.69) is 6.58 Å². The lowest BCUT2D eigenvalue weighted by molar-refractivity contribution is -0.120. The molecule has 0 aliphatic carbocycles. The first-order valence-corrected chi connectivity index (χ1v) is 5.82. The predicted octanol–water partition coefficient (Wildman–Crippen LogP) is 2.76. The fourth-order valence-electron chi connectivity index (χ4n) is 2.00. The second-order valence-electron chi connectivity index (χ2n) is 4.38. The summed E-state index contributed by atoms with van der Waals surface area (Å²) < 4.78 is 0. The Kier molecular flexibility index (Phi) is 3.15. The first-order valence-electron chi connectivity index (χ1n) is 5.82. The van der Waals surface area contributed by atoms with Crippen LogP contribution in [0.3, 0.4) is 0 Å². The van der Waals surface area contributed by atoms with E-state index in [1.54, 1.807) is 25.1 Å². The van der Waals surface area contributed by atoms with Gasteiger partial charge in [-0.1, -0.05) is 23.8 Å². The molecule has 0 spiro atoms. The molecule has 1 aliphatic rings.